The number of carbonyl (C=O) groups is 3. The third-order valence-corrected chi connectivity index (χ3v) is 9.43. The second kappa shape index (κ2) is 20.6. The van der Waals surface area contributed by atoms with Gasteiger partial charge in [-0.2, -0.15) is 0 Å². The van der Waals surface area contributed by atoms with E-state index in [9.17, 15) is 14.4 Å². The predicted molar refractivity (Wildman–Crippen MR) is 242 cm³/mol. The van der Waals surface area contributed by atoms with Crippen LogP contribution in [0.25, 0.3) is 45.0 Å². The molecule has 66 heavy (non-hydrogen) atoms. The number of aryl methyl sites for hydroxylation is 2. The summed E-state index contributed by atoms with van der Waals surface area (Å²) >= 11 is 0. The molecule has 0 fully saturated rings. The van der Waals surface area contributed by atoms with Crippen molar-refractivity contribution in [1.82, 2.24) is 50.1 Å². The van der Waals surface area contributed by atoms with Gasteiger partial charge in [-0.05, 0) is 40.1 Å². The van der Waals surface area contributed by atoms with Gasteiger partial charge < -0.3 is 39.4 Å². The van der Waals surface area contributed by atoms with Crippen LogP contribution in [-0.4, -0.2) is 96.1 Å². The number of anilines is 3. The maximum absolute atomic E-state index is 13.1. The Morgan fingerprint density at radius 2 is 1.05 bits per heavy atom. The summed E-state index contributed by atoms with van der Waals surface area (Å²) in [5.74, 6) is 1.42. The average Bonchev–Trinajstić information content (AvgIpc) is 3.92. The summed E-state index contributed by atoms with van der Waals surface area (Å²) in [7, 11) is 6.79. The summed E-state index contributed by atoms with van der Waals surface area (Å²) < 4.78 is 21.3. The monoisotopic (exact) mass is 889 g/mol. The molecule has 334 valence electrons. The molecule has 2 aromatic carbocycles. The molecule has 6 heterocycles. The lowest BCUT2D eigenvalue weighted by Crippen LogP contribution is -2.16. The van der Waals surface area contributed by atoms with Crippen molar-refractivity contribution < 1.29 is 32.9 Å². The molecule has 0 aliphatic carbocycles. The minimum atomic E-state index is -0.450. The van der Waals surface area contributed by atoms with E-state index in [2.05, 4.69) is 61.2 Å². The molecule has 0 aliphatic heterocycles. The van der Waals surface area contributed by atoms with Gasteiger partial charge in [0.05, 0.1) is 44.5 Å². The van der Waals surface area contributed by atoms with E-state index in [1.54, 1.807) is 44.6 Å². The molecule has 3 amide bonds. The molecule has 0 aliphatic rings. The Kier molecular flexibility index (Phi) is 14.1. The summed E-state index contributed by atoms with van der Waals surface area (Å²) in [4.78, 5) is 69.7. The van der Waals surface area contributed by atoms with Crippen LogP contribution in [0.15, 0.2) is 113 Å². The van der Waals surface area contributed by atoms with Crippen molar-refractivity contribution in [2.24, 2.45) is 0 Å². The van der Waals surface area contributed by atoms with Crippen molar-refractivity contribution >= 4 is 35.2 Å². The van der Waals surface area contributed by atoms with E-state index in [0.717, 1.165) is 11.1 Å². The number of nitrogens with zero attached hydrogens (tertiary/aromatic N) is 10. The van der Waals surface area contributed by atoms with Crippen molar-refractivity contribution in [2.75, 3.05) is 44.3 Å². The highest BCUT2D eigenvalue weighted by Crippen LogP contribution is 2.31. The molecule has 6 aromatic heterocycles. The first-order valence-corrected chi connectivity index (χ1v) is 20.1. The van der Waals surface area contributed by atoms with Gasteiger partial charge in [0.15, 0.2) is 11.6 Å². The smallest absolute Gasteiger partial charge is 0.262 e. The lowest BCUT2D eigenvalue weighted by molar-refractivity contribution is -0.114. The van der Waals surface area contributed by atoms with Crippen LogP contribution in [0.1, 0.15) is 45.0 Å². The number of benzene rings is 2. The van der Waals surface area contributed by atoms with Crippen LogP contribution < -0.4 is 25.4 Å². The summed E-state index contributed by atoms with van der Waals surface area (Å²) in [5, 5.41) is 16.2. The maximum Gasteiger partial charge on any atom is 0.262 e. The maximum atomic E-state index is 13.1. The van der Waals surface area contributed by atoms with E-state index in [0.29, 0.717) is 74.7 Å². The van der Waals surface area contributed by atoms with Gasteiger partial charge in [-0.3, -0.25) is 14.4 Å². The number of pyridine rings is 1. The molecular weight excluding hydrogens is 847 g/mol. The third-order valence-electron chi connectivity index (χ3n) is 9.43. The highest BCUT2D eigenvalue weighted by atomic mass is 16.5. The molecule has 20 nitrogen and oxygen atoms in total. The Morgan fingerprint density at radius 3 is 1.47 bits per heavy atom. The van der Waals surface area contributed by atoms with E-state index in [-0.39, 0.29) is 29.3 Å². The Morgan fingerprint density at radius 1 is 0.576 bits per heavy atom. The van der Waals surface area contributed by atoms with Crippen LogP contribution in [0.3, 0.4) is 0 Å². The summed E-state index contributed by atoms with van der Waals surface area (Å²) in [6, 6.07) is 22.0. The third kappa shape index (κ3) is 10.7. The molecule has 0 saturated heterocycles. The van der Waals surface area contributed by atoms with E-state index in [1.807, 2.05) is 79.7 Å². The molecule has 0 atom stereocenters. The number of methoxy groups -OCH3 is 2. The fraction of sp³-hybridized carbons (Fsp3) is 0.174. The van der Waals surface area contributed by atoms with Crippen LogP contribution in [0.2, 0.25) is 0 Å². The minimum Gasteiger partial charge on any atom is -0.478 e. The standard InChI is InChI=1S/C23H23N7O3.C23H20N6O4/c1-14-19(20(29-33-14)15-8-6-5-7-9-15)22(31)28-21-23(32-4)27-17(12-26-21)16-10-24-18(25-11-16)13-30(2)3;1-13-19(20(29-33-13)15-7-5-4-6-8-15)22(31)28-21-23(32-3)27-17(12-25-21)16-9-10-18(24-11-16)26-14(2)30/h5-12H,13H2,1-4H3,(H,26,28,31);4-12H,1-3H3,(H,24,26,30)(H,25,28,31). The first-order chi connectivity index (χ1) is 31.9. The molecule has 20 heteroatoms. The van der Waals surface area contributed by atoms with Gasteiger partial charge in [-0.1, -0.05) is 71.0 Å². The number of aromatic nitrogens is 9. The minimum absolute atomic E-state index is 0.127. The Labute approximate surface area is 377 Å². The molecule has 3 N–H and O–H groups in total. The zero-order valence-corrected chi connectivity index (χ0v) is 36.9. The van der Waals surface area contributed by atoms with E-state index in [4.69, 9.17) is 18.5 Å². The zero-order valence-electron chi connectivity index (χ0n) is 36.9. The number of hydrogen-bond donors (Lipinski definition) is 3. The normalized spacial score (nSPS) is 10.7. The molecular formula is C46H43N13O7. The Hall–Kier alpha value is -8.78. The Bertz CT molecular complexity index is 2960. The van der Waals surface area contributed by atoms with Crippen molar-refractivity contribution in [2.45, 2.75) is 27.3 Å². The summed E-state index contributed by atoms with van der Waals surface area (Å²) in [6.45, 7) is 5.38. The highest BCUT2D eigenvalue weighted by molar-refractivity contribution is 6.09. The van der Waals surface area contributed by atoms with Crippen molar-refractivity contribution in [1.29, 1.82) is 0 Å². The van der Waals surface area contributed by atoms with Gasteiger partial charge in [0.1, 0.15) is 45.7 Å². The SMILES string of the molecule is COc1nc(-c2ccc(NC(C)=O)nc2)cnc1NC(=O)c1c(-c2ccccc2)noc1C.COc1nc(-c2cnc(CN(C)C)nc2)cnc1NC(=O)c1c(-c2ccccc2)noc1C. The van der Waals surface area contributed by atoms with E-state index >= 15 is 0 Å². The van der Waals surface area contributed by atoms with Crippen molar-refractivity contribution in [3.8, 4) is 56.8 Å². The molecule has 0 radical (unpaired) electrons. The summed E-state index contributed by atoms with van der Waals surface area (Å²) in [5.41, 5.74) is 5.37. The van der Waals surface area contributed by atoms with Gasteiger partial charge in [0, 0.05) is 47.8 Å². The van der Waals surface area contributed by atoms with Crippen LogP contribution in [-0.2, 0) is 11.3 Å². The first-order valence-electron chi connectivity index (χ1n) is 20.1. The number of amides is 3. The molecule has 0 spiro atoms. The molecule has 0 bridgehead atoms. The molecule has 8 aromatic rings. The van der Waals surface area contributed by atoms with Crippen molar-refractivity contribution in [3.05, 3.63) is 132 Å². The number of hydrogen-bond acceptors (Lipinski definition) is 17. The van der Waals surface area contributed by atoms with Crippen LogP contribution >= 0.6 is 0 Å². The number of rotatable bonds is 13. The quantitative estimate of drug-likeness (QED) is 0.106. The van der Waals surface area contributed by atoms with Gasteiger partial charge in [-0.15, -0.1) is 0 Å². The largest absolute Gasteiger partial charge is 0.478 e. The fourth-order valence-electron chi connectivity index (χ4n) is 6.34. The molecule has 8 rings (SSSR count). The lowest BCUT2D eigenvalue weighted by Gasteiger charge is -2.11. The first kappa shape index (κ1) is 45.3. The lowest BCUT2D eigenvalue weighted by atomic mass is 10.1. The Balaban J connectivity index is 0.000000196. The number of nitrogens with one attached hydrogen (secondary N) is 3. The van der Waals surface area contributed by atoms with Gasteiger partial charge >= 0.3 is 0 Å². The van der Waals surface area contributed by atoms with E-state index < -0.39 is 11.8 Å². The topological polar surface area (TPSA) is 251 Å². The summed E-state index contributed by atoms with van der Waals surface area (Å²) in [6.07, 6.45) is 7.94. The van der Waals surface area contributed by atoms with Crippen LogP contribution in [0.5, 0.6) is 11.8 Å². The fourth-order valence-corrected chi connectivity index (χ4v) is 6.34. The van der Waals surface area contributed by atoms with Crippen molar-refractivity contribution in [3.63, 3.8) is 0 Å². The van der Waals surface area contributed by atoms with E-state index in [1.165, 1.54) is 33.5 Å². The van der Waals surface area contributed by atoms with Gasteiger partial charge in [0.2, 0.25) is 5.91 Å². The second-order valence-electron chi connectivity index (χ2n) is 14.5. The second-order valence-corrected chi connectivity index (χ2v) is 14.5. The van der Waals surface area contributed by atoms with Gasteiger partial charge in [0.25, 0.3) is 23.6 Å². The average molecular weight is 890 g/mol. The van der Waals surface area contributed by atoms with Crippen LogP contribution in [0.4, 0.5) is 17.5 Å². The van der Waals surface area contributed by atoms with Gasteiger partial charge in [-0.25, -0.2) is 34.9 Å². The molecule has 0 saturated carbocycles. The number of ether oxygens (including phenoxy) is 2. The van der Waals surface area contributed by atoms with Crippen LogP contribution in [0, 0.1) is 13.8 Å². The number of carbonyl (C=O) groups excluding carboxylic acids is 3. The zero-order chi connectivity index (χ0) is 46.7. The molecule has 0 unspecified atom stereocenters. The highest BCUT2D eigenvalue weighted by Gasteiger charge is 2.25. The predicted octanol–water partition coefficient (Wildman–Crippen LogP) is 6.94.